The van der Waals surface area contributed by atoms with Gasteiger partial charge in [0.25, 0.3) is 0 Å². The van der Waals surface area contributed by atoms with Gasteiger partial charge in [0.2, 0.25) is 0 Å². The summed E-state index contributed by atoms with van der Waals surface area (Å²) in [7, 11) is 0. The molecule has 1 unspecified atom stereocenters. The van der Waals surface area contributed by atoms with E-state index < -0.39 is 54.1 Å². The number of aliphatic hydroxyl groups is 1. The summed E-state index contributed by atoms with van der Waals surface area (Å²) in [6, 6.07) is 0. The Labute approximate surface area is 144 Å². The van der Waals surface area contributed by atoms with Crippen molar-refractivity contribution in [1.29, 1.82) is 0 Å². The number of rotatable bonds is 5. The van der Waals surface area contributed by atoms with E-state index in [1.165, 1.54) is 6.92 Å². The van der Waals surface area contributed by atoms with Crippen LogP contribution in [0, 0.1) is 0 Å². The molecule has 0 aromatic carbocycles. The van der Waals surface area contributed by atoms with E-state index in [-0.39, 0.29) is 6.61 Å². The first-order valence-electron chi connectivity index (χ1n) is 7.48. The number of hydrogen-bond acceptors (Lipinski definition) is 10. The molecule has 1 aliphatic heterocycles. The number of ether oxygens (including phenoxy) is 5. The van der Waals surface area contributed by atoms with Gasteiger partial charge in [-0.1, -0.05) is 0 Å². The molecule has 1 rings (SSSR count). The second kappa shape index (κ2) is 8.26. The lowest BCUT2D eigenvalue weighted by atomic mass is 9.87. The normalized spacial score (nSPS) is 31.6. The number of carbonyl (C=O) groups is 4. The van der Waals surface area contributed by atoms with Gasteiger partial charge in [0.1, 0.15) is 12.7 Å². The smallest absolute Gasteiger partial charge is 0.303 e. The maximum absolute atomic E-state index is 11.5. The fraction of sp³-hybridized carbons (Fsp3) is 0.733. The Balaban J connectivity index is 3.26. The molecule has 1 aliphatic rings. The van der Waals surface area contributed by atoms with Crippen LogP contribution in [-0.4, -0.2) is 65.8 Å². The zero-order valence-electron chi connectivity index (χ0n) is 14.6. The molecule has 0 spiro atoms. The topological polar surface area (TPSA) is 135 Å². The second-order valence-electron chi connectivity index (χ2n) is 5.71. The molecule has 5 atom stereocenters. The number of aliphatic hydroxyl groups excluding tert-OH is 1. The van der Waals surface area contributed by atoms with Gasteiger partial charge in [0.05, 0.1) is 0 Å². The molecular formula is C15H22O10. The Morgan fingerprint density at radius 3 is 1.96 bits per heavy atom. The quantitative estimate of drug-likeness (QED) is 0.501. The van der Waals surface area contributed by atoms with Gasteiger partial charge in [-0.25, -0.2) is 0 Å². The van der Waals surface area contributed by atoms with Gasteiger partial charge in [-0.05, 0) is 6.92 Å². The molecule has 25 heavy (non-hydrogen) atoms. The molecule has 1 heterocycles. The molecule has 10 nitrogen and oxygen atoms in total. The first-order valence-corrected chi connectivity index (χ1v) is 7.48. The van der Waals surface area contributed by atoms with Crippen LogP contribution in [0.2, 0.25) is 0 Å². The number of carbonyl (C=O) groups excluding carboxylic acids is 4. The highest BCUT2D eigenvalue weighted by Crippen LogP contribution is 2.36. The average molecular weight is 362 g/mol. The van der Waals surface area contributed by atoms with Crippen LogP contribution in [0.15, 0.2) is 0 Å². The summed E-state index contributed by atoms with van der Waals surface area (Å²) in [6.45, 7) is 5.36. The van der Waals surface area contributed by atoms with Crippen molar-refractivity contribution in [3.8, 4) is 0 Å². The molecule has 142 valence electrons. The van der Waals surface area contributed by atoms with E-state index in [2.05, 4.69) is 0 Å². The minimum absolute atomic E-state index is 0.377. The van der Waals surface area contributed by atoms with Crippen molar-refractivity contribution in [2.45, 2.75) is 64.8 Å². The van der Waals surface area contributed by atoms with E-state index in [1.54, 1.807) is 0 Å². The van der Waals surface area contributed by atoms with Gasteiger partial charge >= 0.3 is 23.9 Å². The minimum atomic E-state index is -1.84. The van der Waals surface area contributed by atoms with E-state index in [9.17, 15) is 24.3 Å². The number of esters is 4. The summed E-state index contributed by atoms with van der Waals surface area (Å²) in [5.41, 5.74) is -1.84. The van der Waals surface area contributed by atoms with Crippen molar-refractivity contribution in [2.75, 3.05) is 6.61 Å². The maximum Gasteiger partial charge on any atom is 0.303 e. The van der Waals surface area contributed by atoms with Gasteiger partial charge in [-0.15, -0.1) is 0 Å². The lowest BCUT2D eigenvalue weighted by Gasteiger charge is -2.48. The monoisotopic (exact) mass is 362 g/mol. The highest BCUT2D eigenvalue weighted by atomic mass is 16.7. The van der Waals surface area contributed by atoms with Crippen molar-refractivity contribution >= 4 is 23.9 Å². The van der Waals surface area contributed by atoms with Crippen LogP contribution in [0.4, 0.5) is 0 Å². The van der Waals surface area contributed by atoms with Crippen molar-refractivity contribution in [3.63, 3.8) is 0 Å². The van der Waals surface area contributed by atoms with Crippen molar-refractivity contribution in [1.82, 2.24) is 0 Å². The van der Waals surface area contributed by atoms with Gasteiger partial charge in [0.15, 0.2) is 24.1 Å². The zero-order chi connectivity index (χ0) is 19.4. The third-order valence-electron chi connectivity index (χ3n) is 3.43. The van der Waals surface area contributed by atoms with Crippen LogP contribution < -0.4 is 0 Å². The van der Waals surface area contributed by atoms with Crippen LogP contribution in [0.1, 0.15) is 34.6 Å². The van der Waals surface area contributed by atoms with E-state index in [0.29, 0.717) is 0 Å². The average Bonchev–Trinajstić information content (AvgIpc) is 2.44. The maximum atomic E-state index is 11.5. The standard InChI is InChI=1S/C15H22O10/c1-7(16)21-6-11-12(22-8(2)17)13(23-9(3)18)15(5,14(20)24-11)25-10(4)19/h11-14,20H,6H2,1-5H3/t11-,12-,13+,14?,15+/m1/s1. The predicted octanol–water partition coefficient (Wildman–Crippen LogP) is -0.548. The fourth-order valence-electron chi connectivity index (χ4n) is 2.48. The summed E-state index contributed by atoms with van der Waals surface area (Å²) < 4.78 is 25.5. The van der Waals surface area contributed by atoms with E-state index in [1.807, 2.05) is 0 Å². The molecular weight excluding hydrogens is 340 g/mol. The summed E-state index contributed by atoms with van der Waals surface area (Å²) in [5.74, 6) is -2.90. The highest BCUT2D eigenvalue weighted by molar-refractivity contribution is 5.69. The van der Waals surface area contributed by atoms with Crippen LogP contribution in [0.3, 0.4) is 0 Å². The van der Waals surface area contributed by atoms with Gasteiger partial charge < -0.3 is 28.8 Å². The Kier molecular flexibility index (Phi) is 6.88. The fourth-order valence-corrected chi connectivity index (χ4v) is 2.48. The highest BCUT2D eigenvalue weighted by Gasteiger charge is 2.59. The second-order valence-corrected chi connectivity index (χ2v) is 5.71. The molecule has 0 bridgehead atoms. The van der Waals surface area contributed by atoms with Crippen LogP contribution in [0.5, 0.6) is 0 Å². The SMILES string of the molecule is CC(=O)OC[C@H]1OC(O)[C@@](C)(OC(C)=O)[C@@H](OC(C)=O)[C@@H]1OC(C)=O. The number of hydrogen-bond donors (Lipinski definition) is 1. The van der Waals surface area contributed by atoms with Crippen molar-refractivity contribution in [2.24, 2.45) is 0 Å². The van der Waals surface area contributed by atoms with Gasteiger partial charge in [0, 0.05) is 27.7 Å². The Morgan fingerprint density at radius 2 is 1.52 bits per heavy atom. The van der Waals surface area contributed by atoms with E-state index in [4.69, 9.17) is 23.7 Å². The third kappa shape index (κ3) is 5.40. The summed E-state index contributed by atoms with van der Waals surface area (Å²) in [4.78, 5) is 45.4. The minimum Gasteiger partial charge on any atom is -0.463 e. The first kappa shape index (κ1) is 20.8. The molecule has 0 aliphatic carbocycles. The lowest BCUT2D eigenvalue weighted by molar-refractivity contribution is -0.329. The van der Waals surface area contributed by atoms with E-state index in [0.717, 1.165) is 27.7 Å². The van der Waals surface area contributed by atoms with E-state index >= 15 is 0 Å². The summed E-state index contributed by atoms with van der Waals surface area (Å²) >= 11 is 0. The molecule has 1 saturated heterocycles. The van der Waals surface area contributed by atoms with Crippen LogP contribution in [-0.2, 0) is 42.9 Å². The van der Waals surface area contributed by atoms with Crippen LogP contribution in [0.25, 0.3) is 0 Å². The predicted molar refractivity (Wildman–Crippen MR) is 78.8 cm³/mol. The molecule has 0 aromatic rings. The Hall–Kier alpha value is -2.20. The van der Waals surface area contributed by atoms with Crippen LogP contribution >= 0.6 is 0 Å². The van der Waals surface area contributed by atoms with Crippen molar-refractivity contribution in [3.05, 3.63) is 0 Å². The molecule has 10 heteroatoms. The third-order valence-corrected chi connectivity index (χ3v) is 3.43. The Morgan fingerprint density at radius 1 is 0.960 bits per heavy atom. The molecule has 0 aromatic heterocycles. The Bertz CT molecular complexity index is 544. The molecule has 1 fully saturated rings. The summed E-state index contributed by atoms with van der Waals surface area (Å²) in [5, 5.41) is 10.3. The van der Waals surface area contributed by atoms with Gasteiger partial charge in [-0.2, -0.15) is 0 Å². The molecule has 1 N–H and O–H groups in total. The molecule has 0 saturated carbocycles. The summed E-state index contributed by atoms with van der Waals surface area (Å²) in [6.07, 6.45) is -5.54. The lowest BCUT2D eigenvalue weighted by Crippen LogP contribution is -2.68. The first-order chi connectivity index (χ1) is 11.5. The molecule has 0 radical (unpaired) electrons. The zero-order valence-corrected chi connectivity index (χ0v) is 14.6. The largest absolute Gasteiger partial charge is 0.463 e. The van der Waals surface area contributed by atoms with Gasteiger partial charge in [-0.3, -0.25) is 19.2 Å². The molecule has 0 amide bonds. The van der Waals surface area contributed by atoms with Crippen molar-refractivity contribution < 1.29 is 48.0 Å².